The van der Waals surface area contributed by atoms with Gasteiger partial charge in [0, 0.05) is 23.9 Å². The van der Waals surface area contributed by atoms with E-state index in [0.29, 0.717) is 23.2 Å². The lowest BCUT2D eigenvalue weighted by Crippen LogP contribution is -2.46. The van der Waals surface area contributed by atoms with Crippen molar-refractivity contribution >= 4 is 17.7 Å². The van der Waals surface area contributed by atoms with Gasteiger partial charge in [-0.15, -0.1) is 0 Å². The van der Waals surface area contributed by atoms with Crippen LogP contribution in [0.3, 0.4) is 0 Å². The average molecular weight is 256 g/mol. The van der Waals surface area contributed by atoms with Gasteiger partial charge in [0.15, 0.2) is 0 Å². The van der Waals surface area contributed by atoms with Gasteiger partial charge in [0.2, 0.25) is 5.91 Å². The summed E-state index contributed by atoms with van der Waals surface area (Å²) in [6.07, 6.45) is 6.91. The molecule has 2 fully saturated rings. The van der Waals surface area contributed by atoms with Gasteiger partial charge in [-0.3, -0.25) is 4.79 Å². The topological polar surface area (TPSA) is 32.3 Å². The monoisotopic (exact) mass is 256 g/mol. The summed E-state index contributed by atoms with van der Waals surface area (Å²) < 4.78 is 0. The second-order valence-electron chi connectivity index (χ2n) is 5.47. The van der Waals surface area contributed by atoms with E-state index in [1.54, 1.807) is 0 Å². The Kier molecular flexibility index (Phi) is 4.36. The molecule has 17 heavy (non-hydrogen) atoms. The Hall–Kier alpha value is -0.220. The van der Waals surface area contributed by atoms with Crippen molar-refractivity contribution in [2.75, 3.05) is 12.8 Å². The van der Waals surface area contributed by atoms with Crippen LogP contribution < -0.4 is 5.32 Å². The van der Waals surface area contributed by atoms with Gasteiger partial charge in [0.05, 0.1) is 6.04 Å². The standard InChI is InChI=1S/C13H24N2OS/c1-9(2)14-10-7-8-15(13(10)16)11-5-4-6-12(11)17-3/h9-12,14H,4-8H2,1-3H3. The molecule has 3 nitrogen and oxygen atoms in total. The Labute approximate surface area is 109 Å². The third-order valence-corrected chi connectivity index (χ3v) is 5.05. The molecule has 1 heterocycles. The zero-order valence-corrected chi connectivity index (χ0v) is 11.9. The van der Waals surface area contributed by atoms with E-state index in [-0.39, 0.29) is 6.04 Å². The molecule has 4 heteroatoms. The van der Waals surface area contributed by atoms with Crippen LogP contribution in [-0.2, 0) is 4.79 Å². The van der Waals surface area contributed by atoms with Crippen molar-refractivity contribution in [1.82, 2.24) is 10.2 Å². The number of rotatable bonds is 4. The Balaban J connectivity index is 1.97. The van der Waals surface area contributed by atoms with Crippen molar-refractivity contribution in [1.29, 1.82) is 0 Å². The highest BCUT2D eigenvalue weighted by atomic mass is 32.2. The van der Waals surface area contributed by atoms with Crippen LogP contribution in [0.5, 0.6) is 0 Å². The van der Waals surface area contributed by atoms with Gasteiger partial charge in [-0.1, -0.05) is 20.3 Å². The highest BCUT2D eigenvalue weighted by Gasteiger charge is 2.40. The molecular formula is C13H24N2OS. The highest BCUT2D eigenvalue weighted by Crippen LogP contribution is 2.34. The van der Waals surface area contributed by atoms with Gasteiger partial charge >= 0.3 is 0 Å². The van der Waals surface area contributed by atoms with Crippen molar-refractivity contribution in [3.05, 3.63) is 0 Å². The predicted octanol–water partition coefficient (Wildman–Crippen LogP) is 1.87. The number of hydrogen-bond donors (Lipinski definition) is 1. The van der Waals surface area contributed by atoms with Crippen molar-refractivity contribution in [3.8, 4) is 0 Å². The van der Waals surface area contributed by atoms with Crippen molar-refractivity contribution in [2.45, 2.75) is 62.9 Å². The molecule has 3 atom stereocenters. The van der Waals surface area contributed by atoms with Crippen LogP contribution in [0, 0.1) is 0 Å². The van der Waals surface area contributed by atoms with Crippen LogP contribution in [0.15, 0.2) is 0 Å². The molecule has 1 amide bonds. The molecule has 2 aliphatic rings. The van der Waals surface area contributed by atoms with Gasteiger partial charge in [0.25, 0.3) is 0 Å². The Bertz CT molecular complexity index is 283. The number of amides is 1. The minimum Gasteiger partial charge on any atom is -0.337 e. The SMILES string of the molecule is CSC1CCCC1N1CCC(NC(C)C)C1=O. The summed E-state index contributed by atoms with van der Waals surface area (Å²) in [5.74, 6) is 0.338. The minimum atomic E-state index is 0.0677. The van der Waals surface area contributed by atoms with Crippen LogP contribution in [0.2, 0.25) is 0 Å². The summed E-state index contributed by atoms with van der Waals surface area (Å²) >= 11 is 1.93. The van der Waals surface area contributed by atoms with Crippen LogP contribution in [0.25, 0.3) is 0 Å². The molecular weight excluding hydrogens is 232 g/mol. The molecule has 98 valence electrons. The molecule has 0 spiro atoms. The first-order valence-corrected chi connectivity index (χ1v) is 8.01. The number of likely N-dealkylation sites (tertiary alicyclic amines) is 1. The van der Waals surface area contributed by atoms with E-state index >= 15 is 0 Å². The lowest BCUT2D eigenvalue weighted by atomic mass is 10.2. The van der Waals surface area contributed by atoms with Crippen molar-refractivity contribution < 1.29 is 4.79 Å². The predicted molar refractivity (Wildman–Crippen MR) is 73.3 cm³/mol. The molecule has 1 aliphatic carbocycles. The first kappa shape index (κ1) is 13.2. The quantitative estimate of drug-likeness (QED) is 0.833. The van der Waals surface area contributed by atoms with E-state index in [4.69, 9.17) is 0 Å². The largest absolute Gasteiger partial charge is 0.337 e. The molecule has 1 aliphatic heterocycles. The van der Waals surface area contributed by atoms with E-state index < -0.39 is 0 Å². The zero-order chi connectivity index (χ0) is 12.4. The molecule has 0 aromatic heterocycles. The number of thioether (sulfide) groups is 1. The Morgan fingerprint density at radius 1 is 1.35 bits per heavy atom. The number of carbonyl (C=O) groups is 1. The normalized spacial score (nSPS) is 34.0. The van der Waals surface area contributed by atoms with Crippen LogP contribution >= 0.6 is 11.8 Å². The van der Waals surface area contributed by atoms with Crippen LogP contribution in [0.1, 0.15) is 39.5 Å². The second kappa shape index (κ2) is 5.61. The number of nitrogens with zero attached hydrogens (tertiary/aromatic N) is 1. The first-order chi connectivity index (χ1) is 8.13. The van der Waals surface area contributed by atoms with Gasteiger partial charge in [-0.25, -0.2) is 0 Å². The smallest absolute Gasteiger partial charge is 0.240 e. The summed E-state index contributed by atoms with van der Waals surface area (Å²) in [7, 11) is 0. The van der Waals surface area contributed by atoms with Gasteiger partial charge in [-0.05, 0) is 25.5 Å². The van der Waals surface area contributed by atoms with E-state index in [2.05, 4.69) is 30.3 Å². The number of nitrogens with one attached hydrogen (secondary N) is 1. The van der Waals surface area contributed by atoms with E-state index in [0.717, 1.165) is 13.0 Å². The second-order valence-corrected chi connectivity index (χ2v) is 6.54. The maximum absolute atomic E-state index is 12.3. The molecule has 0 aromatic carbocycles. The summed E-state index contributed by atoms with van der Waals surface area (Å²) in [6, 6.07) is 0.957. The fourth-order valence-corrected chi connectivity index (χ4v) is 4.13. The van der Waals surface area contributed by atoms with Gasteiger partial charge in [-0.2, -0.15) is 11.8 Å². The molecule has 2 rings (SSSR count). The minimum absolute atomic E-state index is 0.0677. The Morgan fingerprint density at radius 2 is 2.12 bits per heavy atom. The maximum Gasteiger partial charge on any atom is 0.240 e. The average Bonchev–Trinajstić information content (AvgIpc) is 2.86. The summed E-state index contributed by atoms with van der Waals surface area (Å²) in [5, 5.41) is 4.04. The van der Waals surface area contributed by atoms with E-state index in [1.165, 1.54) is 19.3 Å². The molecule has 0 aromatic rings. The maximum atomic E-state index is 12.3. The molecule has 0 bridgehead atoms. The molecule has 1 saturated carbocycles. The number of hydrogen-bond acceptors (Lipinski definition) is 3. The summed E-state index contributed by atoms with van der Waals surface area (Å²) in [5.41, 5.74) is 0. The molecule has 3 unspecified atom stereocenters. The summed E-state index contributed by atoms with van der Waals surface area (Å²) in [4.78, 5) is 14.5. The first-order valence-electron chi connectivity index (χ1n) is 6.72. The summed E-state index contributed by atoms with van der Waals surface area (Å²) in [6.45, 7) is 5.16. The number of carbonyl (C=O) groups excluding carboxylic acids is 1. The van der Waals surface area contributed by atoms with Gasteiger partial charge < -0.3 is 10.2 Å². The molecule has 1 N–H and O–H groups in total. The Morgan fingerprint density at radius 3 is 2.76 bits per heavy atom. The third kappa shape index (κ3) is 2.79. The lowest BCUT2D eigenvalue weighted by Gasteiger charge is -2.29. The molecule has 1 saturated heterocycles. The van der Waals surface area contributed by atoms with E-state index in [1.807, 2.05) is 11.8 Å². The zero-order valence-electron chi connectivity index (χ0n) is 11.1. The third-order valence-electron chi connectivity index (χ3n) is 3.90. The van der Waals surface area contributed by atoms with Crippen LogP contribution in [-0.4, -0.2) is 47.0 Å². The lowest BCUT2D eigenvalue weighted by molar-refractivity contribution is -0.131. The fraction of sp³-hybridized carbons (Fsp3) is 0.923. The van der Waals surface area contributed by atoms with Crippen molar-refractivity contribution in [3.63, 3.8) is 0 Å². The van der Waals surface area contributed by atoms with Crippen molar-refractivity contribution in [2.24, 2.45) is 0 Å². The fourth-order valence-electron chi connectivity index (χ4n) is 3.13. The highest BCUT2D eigenvalue weighted by molar-refractivity contribution is 7.99. The van der Waals surface area contributed by atoms with Gasteiger partial charge in [0.1, 0.15) is 0 Å². The van der Waals surface area contributed by atoms with E-state index in [9.17, 15) is 4.79 Å². The molecule has 0 radical (unpaired) electrons. The van der Waals surface area contributed by atoms with Crippen LogP contribution in [0.4, 0.5) is 0 Å².